The van der Waals surface area contributed by atoms with Crippen molar-refractivity contribution in [2.45, 2.75) is 38.1 Å². The van der Waals surface area contributed by atoms with Crippen LogP contribution in [0.15, 0.2) is 6.20 Å². The summed E-state index contributed by atoms with van der Waals surface area (Å²) in [6.07, 6.45) is 5.43. The number of aryl methyl sites for hydroxylation is 1. The van der Waals surface area contributed by atoms with Crippen LogP contribution < -0.4 is 5.73 Å². The molecule has 3 unspecified atom stereocenters. The van der Waals surface area contributed by atoms with Crippen LogP contribution in [0, 0.1) is 5.92 Å². The number of nitrogens with zero attached hydrogens (tertiary/aromatic N) is 3. The Morgan fingerprint density at radius 3 is 2.93 bits per heavy atom. The van der Waals surface area contributed by atoms with E-state index in [2.05, 4.69) is 17.2 Å². The van der Waals surface area contributed by atoms with E-state index in [4.69, 9.17) is 5.73 Å². The summed E-state index contributed by atoms with van der Waals surface area (Å²) in [5.74, 6) is 1.19. The molecule has 2 N–H and O–H groups in total. The van der Waals surface area contributed by atoms with Crippen molar-refractivity contribution in [1.29, 1.82) is 0 Å². The molecule has 2 rings (SSSR count). The summed E-state index contributed by atoms with van der Waals surface area (Å²) in [5.41, 5.74) is 7.08. The SMILES string of the molecule is CC1CCC(N)CC1c1cn(C)nn1. The van der Waals surface area contributed by atoms with Gasteiger partial charge < -0.3 is 5.73 Å². The molecule has 1 saturated carbocycles. The molecule has 14 heavy (non-hydrogen) atoms. The van der Waals surface area contributed by atoms with Gasteiger partial charge in [0.15, 0.2) is 0 Å². The van der Waals surface area contributed by atoms with Crippen molar-refractivity contribution in [1.82, 2.24) is 15.0 Å². The molecule has 4 nitrogen and oxygen atoms in total. The van der Waals surface area contributed by atoms with Crippen LogP contribution in [0.2, 0.25) is 0 Å². The van der Waals surface area contributed by atoms with Crippen molar-refractivity contribution in [2.24, 2.45) is 18.7 Å². The van der Waals surface area contributed by atoms with E-state index in [1.54, 1.807) is 4.68 Å². The summed E-state index contributed by atoms with van der Waals surface area (Å²) in [4.78, 5) is 0. The summed E-state index contributed by atoms with van der Waals surface area (Å²) < 4.78 is 1.77. The van der Waals surface area contributed by atoms with E-state index in [0.717, 1.165) is 18.5 Å². The van der Waals surface area contributed by atoms with Gasteiger partial charge in [0.25, 0.3) is 0 Å². The van der Waals surface area contributed by atoms with E-state index in [-0.39, 0.29) is 0 Å². The zero-order chi connectivity index (χ0) is 10.1. The van der Waals surface area contributed by atoms with Crippen LogP contribution in [0.5, 0.6) is 0 Å². The zero-order valence-electron chi connectivity index (χ0n) is 8.85. The van der Waals surface area contributed by atoms with Crippen molar-refractivity contribution < 1.29 is 0 Å². The van der Waals surface area contributed by atoms with Gasteiger partial charge in [0.1, 0.15) is 0 Å². The second kappa shape index (κ2) is 3.69. The third kappa shape index (κ3) is 1.80. The van der Waals surface area contributed by atoms with Gasteiger partial charge in [-0.3, -0.25) is 4.68 Å². The standard InChI is InChI=1S/C10H18N4/c1-7-3-4-8(11)5-9(7)10-6-14(2)13-12-10/h6-9H,3-5,11H2,1-2H3. The highest BCUT2D eigenvalue weighted by Crippen LogP contribution is 2.35. The van der Waals surface area contributed by atoms with Crippen LogP contribution in [-0.4, -0.2) is 21.0 Å². The molecule has 1 aromatic heterocycles. The van der Waals surface area contributed by atoms with Gasteiger partial charge in [-0.2, -0.15) is 0 Å². The minimum Gasteiger partial charge on any atom is -0.328 e. The molecule has 1 fully saturated rings. The minimum absolute atomic E-state index is 0.346. The third-order valence-corrected chi connectivity index (χ3v) is 3.24. The van der Waals surface area contributed by atoms with Crippen molar-refractivity contribution in [2.75, 3.05) is 0 Å². The molecule has 1 aromatic rings. The van der Waals surface area contributed by atoms with Gasteiger partial charge in [-0.25, -0.2) is 0 Å². The van der Waals surface area contributed by atoms with Crippen molar-refractivity contribution >= 4 is 0 Å². The summed E-state index contributed by atoms with van der Waals surface area (Å²) >= 11 is 0. The average molecular weight is 194 g/mol. The maximum atomic E-state index is 5.98. The fourth-order valence-electron chi connectivity index (χ4n) is 2.30. The largest absolute Gasteiger partial charge is 0.328 e. The first-order valence-electron chi connectivity index (χ1n) is 5.28. The van der Waals surface area contributed by atoms with Crippen LogP contribution in [0.4, 0.5) is 0 Å². The Balaban J connectivity index is 2.15. The predicted octanol–water partition coefficient (Wildman–Crippen LogP) is 1.05. The second-order valence-electron chi connectivity index (χ2n) is 4.47. The third-order valence-electron chi connectivity index (χ3n) is 3.24. The van der Waals surface area contributed by atoms with Gasteiger partial charge in [0.2, 0.25) is 0 Å². The van der Waals surface area contributed by atoms with Crippen molar-refractivity contribution in [3.63, 3.8) is 0 Å². The Hall–Kier alpha value is -0.900. The maximum absolute atomic E-state index is 5.98. The molecular weight excluding hydrogens is 176 g/mol. The van der Waals surface area contributed by atoms with Crippen molar-refractivity contribution in [3.05, 3.63) is 11.9 Å². The Morgan fingerprint density at radius 1 is 1.50 bits per heavy atom. The van der Waals surface area contributed by atoms with Gasteiger partial charge in [-0.1, -0.05) is 12.1 Å². The smallest absolute Gasteiger partial charge is 0.0861 e. The Bertz CT molecular complexity index is 307. The summed E-state index contributed by atoms with van der Waals surface area (Å²) in [6, 6.07) is 0.346. The Kier molecular flexibility index (Phi) is 2.54. The van der Waals surface area contributed by atoms with Crippen molar-refractivity contribution in [3.8, 4) is 0 Å². The molecule has 0 aromatic carbocycles. The van der Waals surface area contributed by atoms with Gasteiger partial charge >= 0.3 is 0 Å². The number of rotatable bonds is 1. The lowest BCUT2D eigenvalue weighted by atomic mass is 9.77. The van der Waals surface area contributed by atoms with Crippen LogP contribution in [0.3, 0.4) is 0 Å². The molecule has 0 saturated heterocycles. The first-order chi connectivity index (χ1) is 6.66. The minimum atomic E-state index is 0.346. The van der Waals surface area contributed by atoms with Crippen LogP contribution >= 0.6 is 0 Å². The molecule has 0 radical (unpaired) electrons. The summed E-state index contributed by atoms with van der Waals surface area (Å²) in [5, 5.41) is 8.16. The van der Waals surface area contributed by atoms with Gasteiger partial charge in [-0.05, 0) is 25.2 Å². The van der Waals surface area contributed by atoms with Gasteiger partial charge in [-0.15, -0.1) is 5.10 Å². The van der Waals surface area contributed by atoms with E-state index in [0.29, 0.717) is 17.9 Å². The highest BCUT2D eigenvalue weighted by molar-refractivity contribution is 5.06. The molecule has 1 aliphatic carbocycles. The first kappa shape index (κ1) is 9.65. The van der Waals surface area contributed by atoms with Crippen LogP contribution in [0.1, 0.15) is 37.8 Å². The predicted molar refractivity (Wildman–Crippen MR) is 54.7 cm³/mol. The van der Waals surface area contributed by atoms with E-state index in [9.17, 15) is 0 Å². The zero-order valence-corrected chi connectivity index (χ0v) is 8.85. The molecule has 3 atom stereocenters. The normalized spacial score (nSPS) is 33.2. The molecule has 0 aliphatic heterocycles. The fourth-order valence-corrected chi connectivity index (χ4v) is 2.30. The highest BCUT2D eigenvalue weighted by atomic mass is 15.4. The summed E-state index contributed by atoms with van der Waals surface area (Å²) in [7, 11) is 1.91. The first-order valence-corrected chi connectivity index (χ1v) is 5.28. The number of hydrogen-bond acceptors (Lipinski definition) is 3. The van der Waals surface area contributed by atoms with Gasteiger partial charge in [0, 0.05) is 25.2 Å². The van der Waals surface area contributed by atoms with E-state index in [1.165, 1.54) is 6.42 Å². The van der Waals surface area contributed by atoms with E-state index < -0.39 is 0 Å². The molecule has 78 valence electrons. The lowest BCUT2D eigenvalue weighted by molar-refractivity contribution is 0.295. The number of nitrogens with two attached hydrogens (primary N) is 1. The molecule has 4 heteroatoms. The Labute approximate surface area is 84.5 Å². The molecule has 0 spiro atoms. The molecular formula is C10H18N4. The fraction of sp³-hybridized carbons (Fsp3) is 0.800. The van der Waals surface area contributed by atoms with Crippen LogP contribution in [-0.2, 0) is 7.05 Å². The van der Waals surface area contributed by atoms with Crippen LogP contribution in [0.25, 0.3) is 0 Å². The topological polar surface area (TPSA) is 56.7 Å². The summed E-state index contributed by atoms with van der Waals surface area (Å²) in [6.45, 7) is 2.28. The number of aromatic nitrogens is 3. The quantitative estimate of drug-likeness (QED) is 0.727. The molecule has 1 heterocycles. The monoisotopic (exact) mass is 194 g/mol. The number of hydrogen-bond donors (Lipinski definition) is 1. The maximum Gasteiger partial charge on any atom is 0.0861 e. The van der Waals surface area contributed by atoms with Gasteiger partial charge in [0.05, 0.1) is 5.69 Å². The molecule has 0 amide bonds. The Morgan fingerprint density at radius 2 is 2.29 bits per heavy atom. The van der Waals surface area contributed by atoms with E-state index >= 15 is 0 Å². The highest BCUT2D eigenvalue weighted by Gasteiger charge is 2.28. The molecule has 1 aliphatic rings. The lowest BCUT2D eigenvalue weighted by Crippen LogP contribution is -2.31. The van der Waals surface area contributed by atoms with E-state index in [1.807, 2.05) is 13.2 Å². The molecule has 0 bridgehead atoms. The average Bonchev–Trinajstić information content (AvgIpc) is 2.56. The second-order valence-corrected chi connectivity index (χ2v) is 4.47. The lowest BCUT2D eigenvalue weighted by Gasteiger charge is -2.30.